The number of hydrogen-bond donors (Lipinski definition) is 1. The van der Waals surface area contributed by atoms with Crippen molar-refractivity contribution >= 4 is 0 Å². The molecule has 3 rings (SSSR count). The van der Waals surface area contributed by atoms with E-state index in [0.717, 1.165) is 24.2 Å². The third-order valence-corrected chi connectivity index (χ3v) is 4.66. The number of benzene rings is 2. The largest absolute Gasteiger partial charge is 0.491 e. The zero-order valence-corrected chi connectivity index (χ0v) is 13.9. The molecule has 0 radical (unpaired) electrons. The number of ether oxygens (including phenoxy) is 1. The molecule has 0 amide bonds. The molecule has 122 valence electrons. The van der Waals surface area contributed by atoms with Gasteiger partial charge in [0.25, 0.3) is 0 Å². The molecule has 0 saturated heterocycles. The SMILES string of the molecule is Cc1ccccc1OC[C@H](O)CN(C)[C@H]1CCc2ccccc21. The van der Waals surface area contributed by atoms with Crippen molar-refractivity contribution in [3.05, 3.63) is 65.2 Å². The highest BCUT2D eigenvalue weighted by Gasteiger charge is 2.26. The maximum atomic E-state index is 10.3. The molecule has 2 atom stereocenters. The fourth-order valence-electron chi connectivity index (χ4n) is 3.41. The molecule has 1 aliphatic carbocycles. The number of likely N-dealkylation sites (N-methyl/N-ethyl adjacent to an activating group) is 1. The molecule has 1 aliphatic rings. The number of rotatable bonds is 6. The van der Waals surface area contributed by atoms with Crippen LogP contribution >= 0.6 is 0 Å². The van der Waals surface area contributed by atoms with Crippen LogP contribution in [0.1, 0.15) is 29.2 Å². The first kappa shape index (κ1) is 16.0. The van der Waals surface area contributed by atoms with E-state index in [1.165, 1.54) is 11.1 Å². The maximum Gasteiger partial charge on any atom is 0.122 e. The summed E-state index contributed by atoms with van der Waals surface area (Å²) >= 11 is 0. The van der Waals surface area contributed by atoms with Gasteiger partial charge in [0, 0.05) is 12.6 Å². The smallest absolute Gasteiger partial charge is 0.122 e. The Morgan fingerprint density at radius 2 is 1.91 bits per heavy atom. The van der Waals surface area contributed by atoms with Crippen LogP contribution in [0, 0.1) is 6.92 Å². The summed E-state index contributed by atoms with van der Waals surface area (Å²) in [5.74, 6) is 0.848. The zero-order chi connectivity index (χ0) is 16.2. The topological polar surface area (TPSA) is 32.7 Å². The van der Waals surface area contributed by atoms with E-state index in [1.807, 2.05) is 31.2 Å². The van der Waals surface area contributed by atoms with Crippen molar-refractivity contribution in [2.75, 3.05) is 20.2 Å². The van der Waals surface area contributed by atoms with Gasteiger partial charge in [-0.2, -0.15) is 0 Å². The van der Waals surface area contributed by atoms with Gasteiger partial charge in [-0.15, -0.1) is 0 Å². The first-order chi connectivity index (χ1) is 11.1. The molecule has 3 nitrogen and oxygen atoms in total. The van der Waals surface area contributed by atoms with Crippen LogP contribution in [0.4, 0.5) is 0 Å². The maximum absolute atomic E-state index is 10.3. The molecule has 23 heavy (non-hydrogen) atoms. The van der Waals surface area contributed by atoms with Gasteiger partial charge in [0.15, 0.2) is 0 Å². The van der Waals surface area contributed by atoms with Crippen molar-refractivity contribution in [3.8, 4) is 5.75 Å². The Morgan fingerprint density at radius 1 is 1.17 bits per heavy atom. The van der Waals surface area contributed by atoms with Gasteiger partial charge in [0.2, 0.25) is 0 Å². The fourth-order valence-corrected chi connectivity index (χ4v) is 3.41. The molecule has 2 aromatic carbocycles. The van der Waals surface area contributed by atoms with Crippen LogP contribution in [0.2, 0.25) is 0 Å². The Morgan fingerprint density at radius 3 is 2.74 bits per heavy atom. The summed E-state index contributed by atoms with van der Waals surface area (Å²) in [5.41, 5.74) is 3.94. The predicted octanol–water partition coefficient (Wildman–Crippen LogP) is 3.35. The summed E-state index contributed by atoms with van der Waals surface area (Å²) in [4.78, 5) is 2.25. The van der Waals surface area contributed by atoms with Crippen molar-refractivity contribution < 1.29 is 9.84 Å². The summed E-state index contributed by atoms with van der Waals surface area (Å²) in [6.07, 6.45) is 1.76. The van der Waals surface area contributed by atoms with Crippen molar-refractivity contribution in [2.45, 2.75) is 31.9 Å². The lowest BCUT2D eigenvalue weighted by molar-refractivity contribution is 0.0627. The molecule has 1 N–H and O–H groups in total. The van der Waals surface area contributed by atoms with Crippen molar-refractivity contribution in [3.63, 3.8) is 0 Å². The van der Waals surface area contributed by atoms with E-state index in [9.17, 15) is 5.11 Å². The van der Waals surface area contributed by atoms with Gasteiger partial charge in [-0.3, -0.25) is 4.90 Å². The Hall–Kier alpha value is -1.84. The first-order valence-corrected chi connectivity index (χ1v) is 8.29. The minimum absolute atomic E-state index is 0.323. The van der Waals surface area contributed by atoms with Crippen LogP contribution in [0.5, 0.6) is 5.75 Å². The molecule has 0 bridgehead atoms. The Balaban J connectivity index is 1.54. The third-order valence-electron chi connectivity index (χ3n) is 4.66. The number of hydrogen-bond acceptors (Lipinski definition) is 3. The molecule has 0 heterocycles. The number of para-hydroxylation sites is 1. The summed E-state index contributed by atoms with van der Waals surface area (Å²) in [5, 5.41) is 10.3. The number of aliphatic hydroxyl groups is 1. The van der Waals surface area contributed by atoms with Crippen LogP contribution in [-0.2, 0) is 6.42 Å². The second-order valence-corrected chi connectivity index (χ2v) is 6.42. The van der Waals surface area contributed by atoms with E-state index >= 15 is 0 Å². The van der Waals surface area contributed by atoms with Gasteiger partial charge < -0.3 is 9.84 Å². The van der Waals surface area contributed by atoms with Gasteiger partial charge >= 0.3 is 0 Å². The van der Waals surface area contributed by atoms with Crippen LogP contribution in [0.3, 0.4) is 0 Å². The van der Waals surface area contributed by atoms with Crippen molar-refractivity contribution in [2.24, 2.45) is 0 Å². The van der Waals surface area contributed by atoms with Crippen LogP contribution in [0.25, 0.3) is 0 Å². The summed E-state index contributed by atoms with van der Waals surface area (Å²) in [7, 11) is 2.09. The van der Waals surface area contributed by atoms with Crippen LogP contribution < -0.4 is 4.74 Å². The van der Waals surface area contributed by atoms with E-state index in [2.05, 4.69) is 36.2 Å². The minimum atomic E-state index is -0.493. The van der Waals surface area contributed by atoms with Gasteiger partial charge in [-0.1, -0.05) is 42.5 Å². The molecular formula is C20H25NO2. The number of nitrogens with zero attached hydrogens (tertiary/aromatic N) is 1. The van der Waals surface area contributed by atoms with Crippen LogP contribution in [0.15, 0.2) is 48.5 Å². The van der Waals surface area contributed by atoms with Gasteiger partial charge in [0.05, 0.1) is 0 Å². The monoisotopic (exact) mass is 311 g/mol. The number of aliphatic hydroxyl groups excluding tert-OH is 1. The third kappa shape index (κ3) is 3.74. The summed E-state index contributed by atoms with van der Waals surface area (Å²) in [6, 6.07) is 16.9. The average molecular weight is 311 g/mol. The lowest BCUT2D eigenvalue weighted by Gasteiger charge is -2.27. The van der Waals surface area contributed by atoms with Crippen LogP contribution in [-0.4, -0.2) is 36.3 Å². The van der Waals surface area contributed by atoms with E-state index < -0.39 is 6.10 Å². The lowest BCUT2D eigenvalue weighted by atomic mass is 10.1. The predicted molar refractivity (Wildman–Crippen MR) is 92.8 cm³/mol. The Kier molecular flexibility index (Phi) is 4.99. The first-order valence-electron chi connectivity index (χ1n) is 8.29. The molecule has 3 heteroatoms. The fraction of sp³-hybridized carbons (Fsp3) is 0.400. The van der Waals surface area contributed by atoms with Gasteiger partial charge in [-0.25, -0.2) is 0 Å². The number of fused-ring (bicyclic) bond motifs is 1. The average Bonchev–Trinajstić information content (AvgIpc) is 2.98. The highest BCUT2D eigenvalue weighted by Crippen LogP contribution is 2.34. The van der Waals surface area contributed by atoms with Crippen molar-refractivity contribution in [1.29, 1.82) is 0 Å². The second-order valence-electron chi connectivity index (χ2n) is 6.42. The van der Waals surface area contributed by atoms with Gasteiger partial charge in [0.1, 0.15) is 18.5 Å². The van der Waals surface area contributed by atoms with E-state index in [-0.39, 0.29) is 0 Å². The molecule has 0 saturated carbocycles. The molecule has 2 aromatic rings. The van der Waals surface area contributed by atoms with E-state index in [0.29, 0.717) is 19.2 Å². The Labute approximate surface area is 138 Å². The minimum Gasteiger partial charge on any atom is -0.491 e. The molecule has 0 unspecified atom stereocenters. The standard InChI is InChI=1S/C20H25NO2/c1-15-7-3-6-10-20(15)23-14-17(22)13-21(2)19-12-11-16-8-4-5-9-18(16)19/h3-10,17,19,22H,11-14H2,1-2H3/t17-,19+/m1/s1. The second kappa shape index (κ2) is 7.16. The Bertz CT molecular complexity index is 656. The van der Waals surface area contributed by atoms with E-state index in [1.54, 1.807) is 0 Å². The summed E-state index contributed by atoms with van der Waals surface area (Å²) < 4.78 is 5.75. The zero-order valence-electron chi connectivity index (χ0n) is 13.9. The number of aryl methyl sites for hydroxylation is 2. The summed E-state index contributed by atoms with van der Waals surface area (Å²) in [6.45, 7) is 2.96. The highest BCUT2D eigenvalue weighted by atomic mass is 16.5. The van der Waals surface area contributed by atoms with Gasteiger partial charge in [-0.05, 0) is 49.6 Å². The van der Waals surface area contributed by atoms with E-state index in [4.69, 9.17) is 4.74 Å². The molecular weight excluding hydrogens is 286 g/mol. The molecule has 0 fully saturated rings. The molecule has 0 aliphatic heterocycles. The van der Waals surface area contributed by atoms with Crippen molar-refractivity contribution in [1.82, 2.24) is 4.90 Å². The lowest BCUT2D eigenvalue weighted by Crippen LogP contribution is -2.35. The molecule has 0 aromatic heterocycles. The molecule has 0 spiro atoms. The quantitative estimate of drug-likeness (QED) is 0.888. The normalized spacial score (nSPS) is 18.0. The highest BCUT2D eigenvalue weighted by molar-refractivity contribution is 5.34.